The molecule has 120 valence electrons. The zero-order valence-corrected chi connectivity index (χ0v) is 13.1. The van der Waals surface area contributed by atoms with Gasteiger partial charge in [0.25, 0.3) is 15.9 Å². The molecule has 0 bridgehead atoms. The number of hydrogen-bond acceptors (Lipinski definition) is 5. The molecule has 0 saturated carbocycles. The van der Waals surface area contributed by atoms with E-state index in [-0.39, 0.29) is 11.7 Å². The van der Waals surface area contributed by atoms with Crippen LogP contribution in [-0.4, -0.2) is 61.9 Å². The predicted octanol–water partition coefficient (Wildman–Crippen LogP) is -0.319. The van der Waals surface area contributed by atoms with E-state index in [1.54, 1.807) is 23.3 Å². The maximum Gasteiger partial charge on any atom is 0.256 e. The summed E-state index contributed by atoms with van der Waals surface area (Å²) in [7, 11) is -3.36. The molecule has 8 heteroatoms. The van der Waals surface area contributed by atoms with E-state index in [0.29, 0.717) is 30.4 Å². The van der Waals surface area contributed by atoms with Gasteiger partial charge in [0.15, 0.2) is 0 Å². The van der Waals surface area contributed by atoms with Crippen LogP contribution >= 0.6 is 0 Å². The Morgan fingerprint density at radius 3 is 2.68 bits per heavy atom. The van der Waals surface area contributed by atoms with E-state index in [1.165, 1.54) is 0 Å². The van der Waals surface area contributed by atoms with Gasteiger partial charge in [0.1, 0.15) is 5.84 Å². The number of nitrogens with zero attached hydrogens (tertiary/aromatic N) is 3. The van der Waals surface area contributed by atoms with Crippen LogP contribution in [0.3, 0.4) is 0 Å². The average Bonchev–Trinajstić information content (AvgIpc) is 2.53. The number of amidine groups is 1. The summed E-state index contributed by atoms with van der Waals surface area (Å²) >= 11 is 0. The third-order valence-corrected chi connectivity index (χ3v) is 5.47. The number of rotatable bonds is 2. The van der Waals surface area contributed by atoms with E-state index in [9.17, 15) is 13.2 Å². The Hall–Kier alpha value is -1.67. The smallest absolute Gasteiger partial charge is 0.256 e. The van der Waals surface area contributed by atoms with Crippen LogP contribution in [0.4, 0.5) is 0 Å². The second-order valence-corrected chi connectivity index (χ2v) is 7.57. The first-order valence-electron chi connectivity index (χ1n) is 7.47. The molecule has 3 aliphatic heterocycles. The van der Waals surface area contributed by atoms with Crippen molar-refractivity contribution in [2.24, 2.45) is 16.0 Å². The monoisotopic (exact) mass is 324 g/mol. The van der Waals surface area contributed by atoms with Crippen molar-refractivity contribution in [2.75, 3.05) is 31.9 Å². The molecule has 7 nitrogen and oxygen atoms in total. The molecule has 0 spiro atoms. The molecule has 0 aliphatic carbocycles. The minimum Gasteiger partial charge on any atom is -0.339 e. The molecule has 0 aromatic rings. The van der Waals surface area contributed by atoms with E-state index >= 15 is 0 Å². The summed E-state index contributed by atoms with van der Waals surface area (Å²) in [5, 5.41) is 0. The second kappa shape index (κ2) is 5.85. The van der Waals surface area contributed by atoms with Gasteiger partial charge in [-0.2, -0.15) is 0 Å². The zero-order valence-electron chi connectivity index (χ0n) is 12.3. The minimum atomic E-state index is -3.36. The summed E-state index contributed by atoms with van der Waals surface area (Å²) in [6.07, 6.45) is 6.82. The number of hydrogen-bond donors (Lipinski definition) is 1. The minimum absolute atomic E-state index is 0.0146. The number of nitrogens with two attached hydrogens (primary N) is 1. The van der Waals surface area contributed by atoms with Gasteiger partial charge >= 0.3 is 0 Å². The van der Waals surface area contributed by atoms with Gasteiger partial charge in [0.2, 0.25) is 0 Å². The highest BCUT2D eigenvalue weighted by atomic mass is 32.2. The van der Waals surface area contributed by atoms with E-state index in [0.717, 1.165) is 25.9 Å². The fourth-order valence-electron chi connectivity index (χ4n) is 2.88. The van der Waals surface area contributed by atoms with Gasteiger partial charge in [-0.1, -0.05) is 0 Å². The lowest BCUT2D eigenvalue weighted by Gasteiger charge is -2.33. The SMILES string of the molecule is NCC1CCN(C(=O)C2=CN3CCS(=O)(=O)N=C3C=C2)CC1. The van der Waals surface area contributed by atoms with Gasteiger partial charge in [0.05, 0.1) is 11.3 Å². The Labute approximate surface area is 130 Å². The summed E-state index contributed by atoms with van der Waals surface area (Å²) < 4.78 is 26.7. The highest BCUT2D eigenvalue weighted by molar-refractivity contribution is 7.90. The third-order valence-electron chi connectivity index (χ3n) is 4.31. The van der Waals surface area contributed by atoms with Crippen LogP contribution in [0.5, 0.6) is 0 Å². The molecular formula is C14H20N4O3S. The first-order valence-corrected chi connectivity index (χ1v) is 9.08. The predicted molar refractivity (Wildman–Crippen MR) is 83.5 cm³/mol. The molecule has 1 saturated heterocycles. The number of carbonyl (C=O) groups is 1. The molecule has 0 aromatic carbocycles. The Kier molecular flexibility index (Phi) is 4.05. The van der Waals surface area contributed by atoms with E-state index < -0.39 is 10.0 Å². The largest absolute Gasteiger partial charge is 0.339 e. The van der Waals surface area contributed by atoms with Crippen LogP contribution in [0.2, 0.25) is 0 Å². The summed E-state index contributed by atoms with van der Waals surface area (Å²) in [5.41, 5.74) is 6.24. The maximum absolute atomic E-state index is 12.5. The van der Waals surface area contributed by atoms with Crippen molar-refractivity contribution in [3.8, 4) is 0 Å². The van der Waals surface area contributed by atoms with Crippen molar-refractivity contribution < 1.29 is 13.2 Å². The quantitative estimate of drug-likeness (QED) is 0.751. The number of piperidine rings is 1. The van der Waals surface area contributed by atoms with Gasteiger partial charge in [-0.25, -0.2) is 8.42 Å². The lowest BCUT2D eigenvalue weighted by molar-refractivity contribution is -0.128. The standard InChI is InChI=1S/C14H20N4O3S/c15-9-11-3-5-17(6-4-11)14(19)12-1-2-13-16-22(20,21)8-7-18(13)10-12/h1-2,10-11H,3-9,15H2. The zero-order chi connectivity index (χ0) is 15.7. The van der Waals surface area contributed by atoms with Gasteiger partial charge in [-0.15, -0.1) is 4.40 Å². The van der Waals surface area contributed by atoms with Crippen LogP contribution in [0.15, 0.2) is 28.3 Å². The first-order chi connectivity index (χ1) is 10.5. The number of likely N-dealkylation sites (tertiary alicyclic amines) is 1. The van der Waals surface area contributed by atoms with E-state index in [1.807, 2.05) is 4.90 Å². The number of carbonyl (C=O) groups excluding carboxylic acids is 1. The molecule has 1 fully saturated rings. The Morgan fingerprint density at radius 2 is 2.00 bits per heavy atom. The fourth-order valence-corrected chi connectivity index (χ4v) is 3.85. The van der Waals surface area contributed by atoms with Crippen LogP contribution in [0.1, 0.15) is 12.8 Å². The Morgan fingerprint density at radius 1 is 1.27 bits per heavy atom. The topological polar surface area (TPSA) is 96.1 Å². The molecule has 22 heavy (non-hydrogen) atoms. The summed E-state index contributed by atoms with van der Waals surface area (Å²) in [4.78, 5) is 16.1. The molecule has 3 heterocycles. The van der Waals surface area contributed by atoms with Crippen LogP contribution < -0.4 is 5.73 Å². The Bertz CT molecular complexity index is 658. The van der Waals surface area contributed by atoms with E-state index in [4.69, 9.17) is 5.73 Å². The molecule has 3 aliphatic rings. The van der Waals surface area contributed by atoms with Crippen molar-refractivity contribution in [2.45, 2.75) is 12.8 Å². The van der Waals surface area contributed by atoms with Gasteiger partial charge in [0, 0.05) is 25.8 Å². The van der Waals surface area contributed by atoms with Gasteiger partial charge in [-0.3, -0.25) is 4.79 Å². The second-order valence-electron chi connectivity index (χ2n) is 5.82. The number of amides is 1. The van der Waals surface area contributed by atoms with Gasteiger partial charge in [-0.05, 0) is 37.5 Å². The molecule has 0 aromatic heterocycles. The summed E-state index contributed by atoms with van der Waals surface area (Å²) in [6, 6.07) is 0. The number of fused-ring (bicyclic) bond motifs is 1. The fraction of sp³-hybridized carbons (Fsp3) is 0.571. The Balaban J connectivity index is 1.71. The summed E-state index contributed by atoms with van der Waals surface area (Å²) in [6.45, 7) is 2.45. The van der Waals surface area contributed by atoms with E-state index in [2.05, 4.69) is 4.40 Å². The molecule has 1 amide bonds. The normalized spacial score (nSPS) is 24.6. The molecule has 0 atom stereocenters. The molecule has 2 N–H and O–H groups in total. The van der Waals surface area contributed by atoms with Crippen LogP contribution in [0.25, 0.3) is 0 Å². The van der Waals surface area contributed by atoms with Crippen LogP contribution in [0, 0.1) is 5.92 Å². The highest BCUT2D eigenvalue weighted by Gasteiger charge is 2.28. The van der Waals surface area contributed by atoms with Gasteiger partial charge < -0.3 is 15.5 Å². The van der Waals surface area contributed by atoms with Crippen molar-refractivity contribution >= 4 is 21.8 Å². The highest BCUT2D eigenvalue weighted by Crippen LogP contribution is 2.21. The van der Waals surface area contributed by atoms with Crippen LogP contribution in [-0.2, 0) is 14.8 Å². The lowest BCUT2D eigenvalue weighted by atomic mass is 9.96. The molecule has 3 rings (SSSR count). The maximum atomic E-state index is 12.5. The molecule has 0 radical (unpaired) electrons. The van der Waals surface area contributed by atoms with Crippen molar-refractivity contribution in [3.05, 3.63) is 23.9 Å². The average molecular weight is 324 g/mol. The molecule has 0 unspecified atom stereocenters. The van der Waals surface area contributed by atoms with Crippen molar-refractivity contribution in [1.29, 1.82) is 0 Å². The third kappa shape index (κ3) is 3.07. The van der Waals surface area contributed by atoms with Crippen molar-refractivity contribution in [3.63, 3.8) is 0 Å². The summed E-state index contributed by atoms with van der Waals surface area (Å²) in [5.74, 6) is 0.847. The first kappa shape index (κ1) is 15.2. The lowest BCUT2D eigenvalue weighted by Crippen LogP contribution is -2.42. The molecular weight excluding hydrogens is 304 g/mol. The number of sulfonamides is 1. The van der Waals surface area contributed by atoms with Crippen molar-refractivity contribution in [1.82, 2.24) is 9.80 Å².